The number of alkyl halides is 2. The minimum Gasteiger partial charge on any atom is -0.383 e. The fraction of sp³-hybridized carbons (Fsp3) is 0.455. The van der Waals surface area contributed by atoms with E-state index >= 15 is 8.78 Å². The summed E-state index contributed by atoms with van der Waals surface area (Å²) in [6.45, 7) is -1.98. The molecule has 1 aliphatic heterocycles. The molecule has 0 bridgehead atoms. The second-order valence-corrected chi connectivity index (χ2v) is 10.9. The Balaban J connectivity index is 2.32. The highest BCUT2D eigenvalue weighted by atomic mass is 32.1. The van der Waals surface area contributed by atoms with Crippen LogP contribution in [0.4, 0.5) is 13.2 Å². The first-order chi connectivity index (χ1) is 14.8. The summed E-state index contributed by atoms with van der Waals surface area (Å²) in [5.74, 6) is -3.89. The highest BCUT2D eigenvalue weighted by Gasteiger charge is 2.67. The van der Waals surface area contributed by atoms with Gasteiger partial charge in [-0.3, -0.25) is 14.1 Å². The number of halogens is 3. The predicted octanol–water partition coefficient (Wildman–Crippen LogP) is 0.285. The molecule has 1 aromatic rings. The molecule has 1 aromatic heterocycles. The monoisotopic (exact) mass is 562 g/mol. The minimum atomic E-state index is -5.98. The van der Waals surface area contributed by atoms with Gasteiger partial charge in [0.15, 0.2) is 18.1 Å². The highest BCUT2D eigenvalue weighted by molar-refractivity contribution is 7.71. The van der Waals surface area contributed by atoms with Crippen LogP contribution in [0.3, 0.4) is 0 Å². The number of nitrogens with one attached hydrogen (secondary N) is 1. The summed E-state index contributed by atoms with van der Waals surface area (Å²) in [5, 5.41) is 10.0. The molecule has 22 heteroatoms. The molecule has 0 spiro atoms. The summed E-state index contributed by atoms with van der Waals surface area (Å²) in [6, 6.07) is 0. The van der Waals surface area contributed by atoms with Crippen molar-refractivity contribution in [2.75, 3.05) is 6.61 Å². The molecule has 186 valence electrons. The fourth-order valence-electron chi connectivity index (χ4n) is 2.41. The summed E-state index contributed by atoms with van der Waals surface area (Å²) in [6.07, 6.45) is -0.465. The predicted molar refractivity (Wildman–Crippen MR) is 98.3 cm³/mol. The number of nitrogens with zero attached hydrogens (tertiary/aromatic N) is 1. The van der Waals surface area contributed by atoms with Crippen LogP contribution < -0.4 is 5.69 Å². The first kappa shape index (κ1) is 28.0. The van der Waals surface area contributed by atoms with Gasteiger partial charge < -0.3 is 29.4 Å². The molecular weight excluding hydrogens is 550 g/mol. The van der Waals surface area contributed by atoms with E-state index in [1.807, 2.05) is 0 Å². The number of terminal acetylenes is 1. The summed E-state index contributed by atoms with van der Waals surface area (Å²) in [4.78, 5) is 49.0. The molecule has 15 nitrogen and oxygen atoms in total. The molecule has 0 amide bonds. The van der Waals surface area contributed by atoms with Crippen molar-refractivity contribution in [1.82, 2.24) is 9.55 Å². The van der Waals surface area contributed by atoms with Crippen LogP contribution in [-0.2, 0) is 31.6 Å². The lowest BCUT2D eigenvalue weighted by atomic mass is 9.96. The van der Waals surface area contributed by atoms with Crippen molar-refractivity contribution in [3.8, 4) is 12.3 Å². The van der Waals surface area contributed by atoms with Gasteiger partial charge in [-0.2, -0.15) is 8.62 Å². The number of hydrogen-bond donors (Lipinski definition) is 6. The molecular formula is C11H12F3N2O13P3S. The number of H-pyrrole nitrogens is 1. The van der Waals surface area contributed by atoms with Gasteiger partial charge in [0, 0.05) is 0 Å². The number of ether oxygens (including phenoxy) is 1. The number of rotatable bonds is 8. The Kier molecular flexibility index (Phi) is 7.72. The zero-order valence-electron chi connectivity index (χ0n) is 15.3. The molecule has 0 saturated carbocycles. The van der Waals surface area contributed by atoms with Gasteiger partial charge >= 0.3 is 29.2 Å². The molecule has 2 heterocycles. The zero-order chi connectivity index (χ0) is 25.6. The van der Waals surface area contributed by atoms with Crippen LogP contribution in [0.25, 0.3) is 0 Å². The topological polar surface area (TPSA) is 227 Å². The Morgan fingerprint density at radius 3 is 2.33 bits per heavy atom. The van der Waals surface area contributed by atoms with Crippen LogP contribution >= 0.6 is 35.7 Å². The average molecular weight is 562 g/mol. The molecule has 0 aliphatic carbocycles. The Labute approximate surface area is 185 Å². The minimum absolute atomic E-state index is 0.0420. The molecule has 2 rings (SSSR count). The van der Waals surface area contributed by atoms with Gasteiger partial charge in [-0.25, -0.2) is 31.7 Å². The van der Waals surface area contributed by atoms with Gasteiger partial charge in [-0.1, -0.05) is 18.1 Å². The number of phosphoric acid groups is 3. The quantitative estimate of drug-likeness (QED) is 0.142. The molecule has 3 unspecified atom stereocenters. The molecule has 1 saturated heterocycles. The third-order valence-corrected chi connectivity index (χ3v) is 7.79. The van der Waals surface area contributed by atoms with E-state index in [0.29, 0.717) is 0 Å². The summed E-state index contributed by atoms with van der Waals surface area (Å²) in [5.41, 5.74) is -4.99. The second-order valence-electron chi connectivity index (χ2n) is 6.08. The molecule has 0 radical (unpaired) electrons. The second kappa shape index (κ2) is 9.10. The lowest BCUT2D eigenvalue weighted by molar-refractivity contribution is -0.205. The fourth-order valence-corrected chi connectivity index (χ4v) is 5.59. The summed E-state index contributed by atoms with van der Waals surface area (Å²) in [7, 11) is -17.6. The smallest absolute Gasteiger partial charge is 0.383 e. The van der Waals surface area contributed by atoms with Gasteiger partial charge in [0.05, 0.1) is 6.20 Å². The van der Waals surface area contributed by atoms with E-state index in [1.165, 1.54) is 5.92 Å². The van der Waals surface area contributed by atoms with Gasteiger partial charge in [0.25, 0.3) is 5.85 Å². The number of aliphatic hydroxyl groups is 1. The van der Waals surface area contributed by atoms with E-state index in [0.717, 1.165) is 0 Å². The van der Waals surface area contributed by atoms with Crippen molar-refractivity contribution < 1.29 is 69.4 Å². The molecule has 0 aromatic carbocycles. The van der Waals surface area contributed by atoms with Crippen LogP contribution in [-0.4, -0.2) is 58.5 Å². The van der Waals surface area contributed by atoms with Gasteiger partial charge in [-0.15, -0.1) is 6.42 Å². The Hall–Kier alpha value is -1.22. The van der Waals surface area contributed by atoms with E-state index in [9.17, 15) is 32.9 Å². The van der Waals surface area contributed by atoms with Crippen molar-refractivity contribution in [1.29, 1.82) is 0 Å². The van der Waals surface area contributed by atoms with E-state index in [1.54, 1.807) is 4.98 Å². The van der Waals surface area contributed by atoms with E-state index < -0.39 is 70.1 Å². The Morgan fingerprint density at radius 2 is 1.82 bits per heavy atom. The van der Waals surface area contributed by atoms with E-state index in [2.05, 4.69) is 30.1 Å². The number of aromatic nitrogens is 2. The van der Waals surface area contributed by atoms with Crippen molar-refractivity contribution in [3.05, 3.63) is 27.1 Å². The lowest BCUT2D eigenvalue weighted by Crippen LogP contribution is -2.48. The number of hydrogen-bond acceptors (Lipinski definition) is 10. The maximum absolute atomic E-state index is 15.2. The SMILES string of the molecule is C#CC1(F)[C@@H](O)[C@@](F)(COP(=O)(O)OP(=O)(O)OP(=O)(O)O)O[C@H]1n1cc(F)c(=S)[nH]c1=O. The average Bonchev–Trinajstić information content (AvgIpc) is 2.82. The van der Waals surface area contributed by atoms with E-state index in [-0.39, 0.29) is 10.8 Å². The van der Waals surface area contributed by atoms with Crippen molar-refractivity contribution in [2.24, 2.45) is 0 Å². The van der Waals surface area contributed by atoms with Crippen molar-refractivity contribution in [3.63, 3.8) is 0 Å². The maximum Gasteiger partial charge on any atom is 0.490 e. The summed E-state index contributed by atoms with van der Waals surface area (Å²) < 4.78 is 92.2. The van der Waals surface area contributed by atoms with Crippen LogP contribution in [0.2, 0.25) is 0 Å². The molecule has 6 atom stereocenters. The number of aliphatic hydroxyl groups excluding tert-OH is 1. The largest absolute Gasteiger partial charge is 0.490 e. The maximum atomic E-state index is 15.2. The Morgan fingerprint density at radius 1 is 1.24 bits per heavy atom. The first-order valence-corrected chi connectivity index (χ1v) is 12.7. The van der Waals surface area contributed by atoms with Crippen molar-refractivity contribution >= 4 is 35.7 Å². The normalized spacial score (nSPS) is 31.5. The molecule has 6 N–H and O–H groups in total. The standard InChI is InChI=1S/C11H12F3N2O13P3S/c1-2-10(13)7(17)11(14,27-8(10)16-3-5(12)6(33)15-9(16)18)4-26-31(22,23)29-32(24,25)28-30(19,20)21/h1,3,7-8,17H,4H2,(H,22,23)(H,24,25)(H,15,18,33)(H2,19,20,21)/t7-,8-,10?,11-/m1/s1. The van der Waals surface area contributed by atoms with Gasteiger partial charge in [0.1, 0.15) is 11.2 Å². The molecule has 1 aliphatic rings. The molecule has 1 fully saturated rings. The van der Waals surface area contributed by atoms with Crippen LogP contribution in [0.5, 0.6) is 0 Å². The van der Waals surface area contributed by atoms with Crippen LogP contribution in [0, 0.1) is 22.8 Å². The van der Waals surface area contributed by atoms with Crippen LogP contribution in [0.1, 0.15) is 6.23 Å². The van der Waals surface area contributed by atoms with Gasteiger partial charge in [0.2, 0.25) is 5.67 Å². The lowest BCUT2D eigenvalue weighted by Gasteiger charge is -2.25. The highest BCUT2D eigenvalue weighted by Crippen LogP contribution is 2.66. The third kappa shape index (κ3) is 6.27. The summed E-state index contributed by atoms with van der Waals surface area (Å²) >= 11 is 4.45. The van der Waals surface area contributed by atoms with Crippen LogP contribution in [0.15, 0.2) is 11.0 Å². The number of phosphoric ester groups is 1. The number of aromatic amines is 1. The van der Waals surface area contributed by atoms with Crippen molar-refractivity contribution in [2.45, 2.75) is 23.9 Å². The van der Waals surface area contributed by atoms with Gasteiger partial charge in [-0.05, 0) is 0 Å². The third-order valence-electron chi connectivity index (χ3n) is 3.71. The van der Waals surface area contributed by atoms with E-state index in [4.69, 9.17) is 21.1 Å². The zero-order valence-corrected chi connectivity index (χ0v) is 18.8. The Bertz CT molecular complexity index is 1240. The molecule has 33 heavy (non-hydrogen) atoms. The first-order valence-electron chi connectivity index (χ1n) is 7.76.